The van der Waals surface area contributed by atoms with Crippen molar-refractivity contribution in [2.24, 2.45) is 0 Å². The van der Waals surface area contributed by atoms with Crippen molar-refractivity contribution >= 4 is 34.6 Å². The number of rotatable bonds is 6. The van der Waals surface area contributed by atoms with Crippen molar-refractivity contribution in [2.75, 3.05) is 31.2 Å². The topological polar surface area (TPSA) is 87.8 Å². The maximum atomic E-state index is 13.0. The summed E-state index contributed by atoms with van der Waals surface area (Å²) in [5.41, 5.74) is 1.79. The molecule has 0 amide bonds. The summed E-state index contributed by atoms with van der Waals surface area (Å²) in [6, 6.07) is 2.03. The Morgan fingerprint density at radius 3 is 2.73 bits per heavy atom. The van der Waals surface area contributed by atoms with Crippen molar-refractivity contribution in [1.82, 2.24) is 24.3 Å². The molecule has 2 fully saturated rings. The number of halogens is 2. The van der Waals surface area contributed by atoms with Gasteiger partial charge in [0.2, 0.25) is 5.88 Å². The smallest absolute Gasteiger partial charge is 0.291 e. The molecule has 0 atom stereocenters. The average Bonchev–Trinajstić information content (AvgIpc) is 3.13. The minimum atomic E-state index is -2.71. The predicted octanol–water partition coefficient (Wildman–Crippen LogP) is 3.48. The van der Waals surface area contributed by atoms with Crippen LogP contribution in [-0.4, -0.2) is 56.5 Å². The van der Waals surface area contributed by atoms with Crippen LogP contribution in [0.3, 0.4) is 0 Å². The van der Waals surface area contributed by atoms with Crippen molar-refractivity contribution in [3.8, 4) is 16.6 Å². The van der Waals surface area contributed by atoms with Gasteiger partial charge < -0.3 is 14.7 Å². The number of hydrogen-bond acceptors (Lipinski definition) is 9. The first-order valence-electron chi connectivity index (χ1n) is 9.57. The van der Waals surface area contributed by atoms with E-state index < -0.39 is 6.43 Å². The van der Waals surface area contributed by atoms with E-state index in [-0.39, 0.29) is 27.1 Å². The summed E-state index contributed by atoms with van der Waals surface area (Å²) in [6.45, 7) is 4.78. The highest BCUT2D eigenvalue weighted by atomic mass is 32.2. The van der Waals surface area contributed by atoms with Crippen molar-refractivity contribution in [3.63, 3.8) is 0 Å². The number of morpholine rings is 1. The van der Waals surface area contributed by atoms with Crippen LogP contribution < -0.4 is 9.62 Å². The molecule has 8 nitrogen and oxygen atoms in total. The van der Waals surface area contributed by atoms with E-state index in [1.165, 1.54) is 11.9 Å². The Balaban J connectivity index is 1.61. The van der Waals surface area contributed by atoms with Crippen LogP contribution in [-0.2, 0) is 4.74 Å². The number of ether oxygens (including phenoxy) is 1. The van der Waals surface area contributed by atoms with Crippen molar-refractivity contribution in [1.29, 1.82) is 0 Å². The average molecular weight is 455 g/mol. The number of aromatic nitrogens is 4. The normalized spacial score (nSPS) is 18.5. The van der Waals surface area contributed by atoms with Gasteiger partial charge in [0.1, 0.15) is 5.69 Å². The molecule has 30 heavy (non-hydrogen) atoms. The zero-order valence-electron chi connectivity index (χ0n) is 16.1. The minimum Gasteiger partial charge on any atom is -0.492 e. The highest BCUT2D eigenvalue weighted by molar-refractivity contribution is 7.97. The van der Waals surface area contributed by atoms with Gasteiger partial charge in [-0.05, 0) is 37.8 Å². The molecule has 2 N–H and O–H groups in total. The third kappa shape index (κ3) is 3.72. The molecular weight excluding hydrogens is 434 g/mol. The summed E-state index contributed by atoms with van der Waals surface area (Å²) in [7, 11) is 0. The maximum absolute atomic E-state index is 13.0. The lowest BCUT2D eigenvalue weighted by Gasteiger charge is -2.29. The van der Waals surface area contributed by atoms with Gasteiger partial charge in [-0.3, -0.25) is 9.12 Å². The lowest BCUT2D eigenvalue weighted by atomic mass is 10.3. The maximum Gasteiger partial charge on any atom is 0.291 e. The van der Waals surface area contributed by atoms with E-state index >= 15 is 0 Å². The molecule has 0 unspecified atom stereocenters. The standard InChI is InChI=1S/C18H20F2N6O2S2/c1-18(2-3-18)24-30-10-8-11(25-4-6-28-7-5-25)14-21-15(27)12(26(14)9-10)16-22-23-17(29-16)13(19)20/h8-9,13,24,27H,2-7H2,1H3. The Hall–Kier alpha value is -2.02. The fourth-order valence-electron chi connectivity index (χ4n) is 3.27. The number of aromatic hydroxyl groups is 1. The Morgan fingerprint density at radius 1 is 1.30 bits per heavy atom. The zero-order valence-corrected chi connectivity index (χ0v) is 17.8. The number of nitrogens with zero attached hydrogens (tertiary/aromatic N) is 5. The van der Waals surface area contributed by atoms with Gasteiger partial charge >= 0.3 is 0 Å². The fourth-order valence-corrected chi connectivity index (χ4v) is 4.91. The van der Waals surface area contributed by atoms with Crippen LogP contribution in [0, 0.1) is 0 Å². The first-order valence-corrected chi connectivity index (χ1v) is 11.2. The third-order valence-electron chi connectivity index (χ3n) is 5.25. The molecule has 12 heteroatoms. The van der Waals surface area contributed by atoms with Gasteiger partial charge in [-0.15, -0.1) is 10.2 Å². The summed E-state index contributed by atoms with van der Waals surface area (Å²) in [5.74, 6) is -0.259. The van der Waals surface area contributed by atoms with E-state index in [2.05, 4.69) is 31.7 Å². The van der Waals surface area contributed by atoms with Crippen molar-refractivity contribution < 1.29 is 18.6 Å². The second-order valence-corrected chi connectivity index (χ2v) is 9.54. The second-order valence-electron chi connectivity index (χ2n) is 7.65. The molecule has 1 saturated carbocycles. The van der Waals surface area contributed by atoms with Crippen LogP contribution in [0.15, 0.2) is 17.2 Å². The summed E-state index contributed by atoms with van der Waals surface area (Å²) < 4.78 is 36.7. The highest BCUT2D eigenvalue weighted by Gasteiger charge is 2.37. The van der Waals surface area contributed by atoms with E-state index in [9.17, 15) is 13.9 Å². The molecule has 1 saturated heterocycles. The van der Waals surface area contributed by atoms with Gasteiger partial charge in [-0.25, -0.2) is 8.78 Å². The third-order valence-corrected chi connectivity index (χ3v) is 7.25. The van der Waals surface area contributed by atoms with E-state index in [0.717, 1.165) is 34.8 Å². The van der Waals surface area contributed by atoms with E-state index in [4.69, 9.17) is 4.74 Å². The van der Waals surface area contributed by atoms with Crippen molar-refractivity contribution in [3.05, 3.63) is 17.3 Å². The number of alkyl halides is 2. The molecule has 5 rings (SSSR count). The quantitative estimate of drug-likeness (QED) is 0.548. The molecule has 4 heterocycles. The van der Waals surface area contributed by atoms with Gasteiger partial charge in [0.05, 0.1) is 18.9 Å². The first kappa shape index (κ1) is 19.9. The van der Waals surface area contributed by atoms with Crippen LogP contribution in [0.25, 0.3) is 16.3 Å². The largest absolute Gasteiger partial charge is 0.492 e. The Bertz CT molecular complexity index is 1080. The molecule has 0 spiro atoms. The molecule has 3 aromatic heterocycles. The summed E-state index contributed by atoms with van der Waals surface area (Å²) >= 11 is 2.27. The summed E-state index contributed by atoms with van der Waals surface area (Å²) in [4.78, 5) is 7.42. The van der Waals surface area contributed by atoms with E-state index in [1.807, 2.05) is 12.3 Å². The van der Waals surface area contributed by atoms with Crippen LogP contribution >= 0.6 is 23.3 Å². The number of fused-ring (bicyclic) bond motifs is 1. The SMILES string of the molecule is CC1(NSc2cc(N3CCOCC3)c3nc(O)c(-c4nnc(C(F)F)s4)n3c2)CC1. The summed E-state index contributed by atoms with van der Waals surface area (Å²) in [6.07, 6.45) is 1.37. The van der Waals surface area contributed by atoms with Gasteiger partial charge in [-0.2, -0.15) is 4.98 Å². The molecule has 2 aliphatic rings. The molecule has 0 bridgehead atoms. The van der Waals surface area contributed by atoms with Crippen LogP contribution in [0.2, 0.25) is 0 Å². The molecule has 3 aromatic rings. The first-order chi connectivity index (χ1) is 14.4. The highest BCUT2D eigenvalue weighted by Crippen LogP contribution is 2.41. The van der Waals surface area contributed by atoms with Gasteiger partial charge in [0.25, 0.3) is 6.43 Å². The molecule has 160 valence electrons. The van der Waals surface area contributed by atoms with E-state index in [0.29, 0.717) is 32.0 Å². The van der Waals surface area contributed by atoms with Crippen molar-refractivity contribution in [2.45, 2.75) is 36.6 Å². The lowest BCUT2D eigenvalue weighted by Crippen LogP contribution is -2.36. The monoisotopic (exact) mass is 454 g/mol. The fraction of sp³-hybridized carbons (Fsp3) is 0.500. The number of anilines is 1. The molecular formula is C18H20F2N6O2S2. The van der Waals surface area contributed by atoms with Crippen LogP contribution in [0.4, 0.5) is 14.5 Å². The molecule has 0 radical (unpaired) electrons. The number of hydrogen-bond donors (Lipinski definition) is 2. The van der Waals surface area contributed by atoms with Crippen LogP contribution in [0.5, 0.6) is 5.88 Å². The van der Waals surface area contributed by atoms with Gasteiger partial charge in [0.15, 0.2) is 15.7 Å². The molecule has 0 aromatic carbocycles. The lowest BCUT2D eigenvalue weighted by molar-refractivity contribution is 0.123. The Labute approximate surface area is 179 Å². The molecule has 1 aliphatic heterocycles. The van der Waals surface area contributed by atoms with Crippen LogP contribution in [0.1, 0.15) is 31.2 Å². The second kappa shape index (κ2) is 7.59. The number of nitrogens with one attached hydrogen (secondary N) is 1. The molecule has 1 aliphatic carbocycles. The summed E-state index contributed by atoms with van der Waals surface area (Å²) in [5, 5.41) is 17.8. The predicted molar refractivity (Wildman–Crippen MR) is 110 cm³/mol. The van der Waals surface area contributed by atoms with E-state index in [1.54, 1.807) is 4.40 Å². The minimum absolute atomic E-state index is 0.129. The Kier molecular flexibility index (Phi) is 5.04. The number of imidazole rings is 1. The Morgan fingerprint density at radius 2 is 2.07 bits per heavy atom. The number of pyridine rings is 1. The van der Waals surface area contributed by atoms with Gasteiger partial charge in [0, 0.05) is 29.7 Å². The zero-order chi connectivity index (χ0) is 20.9. The van der Waals surface area contributed by atoms with Gasteiger partial charge in [-0.1, -0.05) is 11.3 Å².